The summed E-state index contributed by atoms with van der Waals surface area (Å²) >= 11 is 6.20. The molecule has 1 aliphatic heterocycles. The van der Waals surface area contributed by atoms with Crippen LogP contribution in [0.4, 0.5) is 10.2 Å². The van der Waals surface area contributed by atoms with E-state index in [1.165, 1.54) is 12.1 Å². The van der Waals surface area contributed by atoms with Gasteiger partial charge in [-0.05, 0) is 29.8 Å². The van der Waals surface area contributed by atoms with Crippen molar-refractivity contribution in [3.63, 3.8) is 0 Å². The normalized spacial score (nSPS) is 16.6. The van der Waals surface area contributed by atoms with Crippen LogP contribution in [0.2, 0.25) is 5.02 Å². The molecule has 0 unspecified atom stereocenters. The Balaban J connectivity index is 1.84. The van der Waals surface area contributed by atoms with E-state index >= 15 is 0 Å². The minimum absolute atomic E-state index is 0.120. The van der Waals surface area contributed by atoms with Crippen molar-refractivity contribution in [2.24, 2.45) is 0 Å². The van der Waals surface area contributed by atoms with Crippen molar-refractivity contribution in [2.45, 2.75) is 12.3 Å². The number of nitrogens with zero attached hydrogens (tertiary/aromatic N) is 2. The molecule has 1 atom stereocenters. The Hall–Kier alpha value is -2.66. The Morgan fingerprint density at radius 1 is 1.17 bits per heavy atom. The van der Waals surface area contributed by atoms with Gasteiger partial charge in [0.25, 0.3) is 0 Å². The van der Waals surface area contributed by atoms with E-state index in [0.29, 0.717) is 10.8 Å². The van der Waals surface area contributed by atoms with Crippen molar-refractivity contribution < 1.29 is 9.18 Å². The number of hydrogen-bond acceptors (Lipinski definition) is 2. The summed E-state index contributed by atoms with van der Waals surface area (Å²) in [6.07, 6.45) is 1.98. The van der Waals surface area contributed by atoms with Crippen LogP contribution >= 0.6 is 11.6 Å². The first kappa shape index (κ1) is 14.9. The van der Waals surface area contributed by atoms with Gasteiger partial charge in [0.15, 0.2) is 0 Å². The van der Waals surface area contributed by atoms with Gasteiger partial charge < -0.3 is 5.32 Å². The van der Waals surface area contributed by atoms with E-state index in [9.17, 15) is 9.18 Å². The number of anilines is 1. The highest BCUT2D eigenvalue weighted by molar-refractivity contribution is 6.31. The molecule has 120 valence electrons. The summed E-state index contributed by atoms with van der Waals surface area (Å²) in [5.74, 6) is -0.142. The maximum absolute atomic E-state index is 13.3. The number of carbonyl (C=O) groups is 1. The molecule has 1 N–H and O–H groups in total. The number of aromatic nitrogens is 2. The highest BCUT2D eigenvalue weighted by Gasteiger charge is 2.31. The summed E-state index contributed by atoms with van der Waals surface area (Å²) < 4.78 is 15.0. The first-order chi connectivity index (χ1) is 11.6. The quantitative estimate of drug-likeness (QED) is 0.761. The van der Waals surface area contributed by atoms with Crippen molar-refractivity contribution in [2.75, 3.05) is 5.32 Å². The van der Waals surface area contributed by atoms with Gasteiger partial charge in [-0.25, -0.2) is 9.07 Å². The summed E-state index contributed by atoms with van der Waals surface area (Å²) in [7, 11) is 0. The fraction of sp³-hybridized carbons (Fsp3) is 0.111. The lowest BCUT2D eigenvalue weighted by atomic mass is 9.87. The summed E-state index contributed by atoms with van der Waals surface area (Å²) in [5.41, 5.74) is 2.44. The predicted molar refractivity (Wildman–Crippen MR) is 90.1 cm³/mol. The third-order valence-corrected chi connectivity index (χ3v) is 4.49. The van der Waals surface area contributed by atoms with Crippen LogP contribution in [0.15, 0.2) is 54.7 Å². The lowest BCUT2D eigenvalue weighted by molar-refractivity contribution is -0.116. The van der Waals surface area contributed by atoms with Gasteiger partial charge in [0.05, 0.1) is 11.9 Å². The Kier molecular flexibility index (Phi) is 3.58. The van der Waals surface area contributed by atoms with E-state index in [4.69, 9.17) is 11.6 Å². The molecular formula is C18H13ClFN3O. The van der Waals surface area contributed by atoms with E-state index < -0.39 is 5.82 Å². The summed E-state index contributed by atoms with van der Waals surface area (Å²) in [6.45, 7) is 0. The SMILES string of the molecule is O=C1C[C@@H](c2ccc(F)cc2Cl)c2cnn(-c3ccccc3)c2N1. The van der Waals surface area contributed by atoms with E-state index in [1.807, 2.05) is 30.3 Å². The van der Waals surface area contributed by atoms with Crippen LogP contribution < -0.4 is 5.32 Å². The molecule has 4 nitrogen and oxygen atoms in total. The van der Waals surface area contributed by atoms with Gasteiger partial charge in [0, 0.05) is 22.9 Å². The van der Waals surface area contributed by atoms with Crippen LogP contribution in [0.1, 0.15) is 23.5 Å². The monoisotopic (exact) mass is 341 g/mol. The average molecular weight is 342 g/mol. The predicted octanol–water partition coefficient (Wildman–Crippen LogP) is 4.14. The van der Waals surface area contributed by atoms with Crippen molar-refractivity contribution in [3.8, 4) is 5.69 Å². The van der Waals surface area contributed by atoms with E-state index in [0.717, 1.165) is 16.8 Å². The molecule has 0 radical (unpaired) electrons. The number of rotatable bonds is 2. The summed E-state index contributed by atoms with van der Waals surface area (Å²) in [6, 6.07) is 13.8. The third kappa shape index (κ3) is 2.47. The Bertz CT molecular complexity index is 923. The maximum Gasteiger partial charge on any atom is 0.226 e. The van der Waals surface area contributed by atoms with E-state index in [1.54, 1.807) is 16.9 Å². The lowest BCUT2D eigenvalue weighted by Gasteiger charge is -2.24. The zero-order chi connectivity index (χ0) is 16.7. The van der Waals surface area contributed by atoms with E-state index in [-0.39, 0.29) is 18.2 Å². The number of para-hydroxylation sites is 1. The standard InChI is InChI=1S/C18H13ClFN3O/c19-16-8-11(20)6-7-13(16)14-9-17(24)22-18-15(14)10-21-23(18)12-4-2-1-3-5-12/h1-8,10,14H,9H2,(H,22,24)/t14-/m0/s1. The van der Waals surface area contributed by atoms with Gasteiger partial charge in [-0.1, -0.05) is 35.9 Å². The smallest absolute Gasteiger partial charge is 0.226 e. The van der Waals surface area contributed by atoms with Crippen LogP contribution in [-0.2, 0) is 4.79 Å². The highest BCUT2D eigenvalue weighted by Crippen LogP contribution is 2.40. The molecule has 1 aliphatic rings. The molecule has 0 bridgehead atoms. The minimum Gasteiger partial charge on any atom is -0.310 e. The first-order valence-corrected chi connectivity index (χ1v) is 7.89. The summed E-state index contributed by atoms with van der Waals surface area (Å²) in [5, 5.41) is 7.61. The molecule has 0 aliphatic carbocycles. The molecule has 0 saturated heterocycles. The van der Waals surface area contributed by atoms with Crippen molar-refractivity contribution >= 4 is 23.3 Å². The van der Waals surface area contributed by atoms with Crippen molar-refractivity contribution in [1.29, 1.82) is 0 Å². The number of amides is 1. The maximum atomic E-state index is 13.3. The van der Waals surface area contributed by atoms with Crippen molar-refractivity contribution in [3.05, 3.63) is 76.7 Å². The number of fused-ring (bicyclic) bond motifs is 1. The molecular weight excluding hydrogens is 329 g/mol. The number of hydrogen-bond donors (Lipinski definition) is 1. The van der Waals surface area contributed by atoms with Crippen LogP contribution in [0.3, 0.4) is 0 Å². The van der Waals surface area contributed by atoms with Crippen LogP contribution in [0.5, 0.6) is 0 Å². The molecule has 0 fully saturated rings. The van der Waals surface area contributed by atoms with Crippen LogP contribution in [-0.4, -0.2) is 15.7 Å². The second kappa shape index (κ2) is 5.76. The molecule has 4 rings (SSSR count). The molecule has 2 heterocycles. The van der Waals surface area contributed by atoms with E-state index in [2.05, 4.69) is 10.4 Å². The topological polar surface area (TPSA) is 46.9 Å². The molecule has 24 heavy (non-hydrogen) atoms. The van der Waals surface area contributed by atoms with Gasteiger partial charge >= 0.3 is 0 Å². The van der Waals surface area contributed by atoms with Crippen molar-refractivity contribution in [1.82, 2.24) is 9.78 Å². The number of halogens is 2. The zero-order valence-electron chi connectivity index (χ0n) is 12.5. The number of benzene rings is 2. The van der Waals surface area contributed by atoms with Gasteiger partial charge in [-0.15, -0.1) is 0 Å². The third-order valence-electron chi connectivity index (χ3n) is 4.16. The van der Waals surface area contributed by atoms with Crippen LogP contribution in [0.25, 0.3) is 5.69 Å². The molecule has 1 amide bonds. The largest absolute Gasteiger partial charge is 0.310 e. The van der Waals surface area contributed by atoms with Crippen LogP contribution in [0, 0.1) is 5.82 Å². The molecule has 0 spiro atoms. The zero-order valence-corrected chi connectivity index (χ0v) is 13.3. The first-order valence-electron chi connectivity index (χ1n) is 7.51. The second-order valence-corrected chi connectivity index (χ2v) is 6.07. The Labute approximate surface area is 142 Å². The highest BCUT2D eigenvalue weighted by atomic mass is 35.5. The average Bonchev–Trinajstić information content (AvgIpc) is 2.99. The molecule has 1 aromatic heterocycles. The molecule has 0 saturated carbocycles. The Morgan fingerprint density at radius 3 is 2.71 bits per heavy atom. The minimum atomic E-state index is -0.399. The Morgan fingerprint density at radius 2 is 1.96 bits per heavy atom. The summed E-state index contributed by atoms with van der Waals surface area (Å²) in [4.78, 5) is 12.2. The van der Waals surface area contributed by atoms with Gasteiger partial charge in [0.1, 0.15) is 11.6 Å². The lowest BCUT2D eigenvalue weighted by Crippen LogP contribution is -2.24. The number of nitrogens with one attached hydrogen (secondary N) is 1. The second-order valence-electron chi connectivity index (χ2n) is 5.67. The number of carbonyl (C=O) groups excluding carboxylic acids is 1. The molecule has 6 heteroatoms. The molecule has 3 aromatic rings. The fourth-order valence-corrected chi connectivity index (χ4v) is 3.35. The van der Waals surface area contributed by atoms with Gasteiger partial charge in [0.2, 0.25) is 5.91 Å². The fourth-order valence-electron chi connectivity index (χ4n) is 3.05. The van der Waals surface area contributed by atoms with Gasteiger partial charge in [-0.2, -0.15) is 5.10 Å². The van der Waals surface area contributed by atoms with Gasteiger partial charge in [-0.3, -0.25) is 4.79 Å². The molecule has 2 aromatic carbocycles.